The smallest absolute Gasteiger partial charge is 0.239 e. The number of hydrogen-bond donors (Lipinski definition) is 3. The maximum atomic E-state index is 12.1. The van der Waals surface area contributed by atoms with Gasteiger partial charge in [0.05, 0.1) is 6.54 Å². The van der Waals surface area contributed by atoms with Gasteiger partial charge in [-0.15, -0.1) is 0 Å². The summed E-state index contributed by atoms with van der Waals surface area (Å²) in [4.78, 5) is 24.7. The van der Waals surface area contributed by atoms with Crippen molar-refractivity contribution in [1.29, 1.82) is 0 Å². The van der Waals surface area contributed by atoms with Crippen molar-refractivity contribution in [2.45, 2.75) is 12.8 Å². The number of nitrogens with zero attached hydrogens (tertiary/aromatic N) is 2. The van der Waals surface area contributed by atoms with Crippen LogP contribution in [0.25, 0.3) is 0 Å². The van der Waals surface area contributed by atoms with Crippen molar-refractivity contribution < 1.29 is 14.8 Å². The van der Waals surface area contributed by atoms with Crippen molar-refractivity contribution in [1.82, 2.24) is 10.2 Å². The lowest BCUT2D eigenvalue weighted by molar-refractivity contribution is -0.140. The Morgan fingerprint density at radius 3 is 2.75 bits per heavy atom. The van der Waals surface area contributed by atoms with E-state index in [2.05, 4.69) is 10.5 Å². The second-order valence-electron chi connectivity index (χ2n) is 4.14. The summed E-state index contributed by atoms with van der Waals surface area (Å²) in [5.41, 5.74) is 4.65. The van der Waals surface area contributed by atoms with Gasteiger partial charge in [-0.1, -0.05) is 5.16 Å². The zero-order valence-electron chi connectivity index (χ0n) is 8.77. The van der Waals surface area contributed by atoms with Crippen LogP contribution in [0, 0.1) is 5.41 Å². The fourth-order valence-electron chi connectivity index (χ4n) is 1.91. The Morgan fingerprint density at radius 2 is 2.25 bits per heavy atom. The number of rotatable bonds is 2. The van der Waals surface area contributed by atoms with Crippen LogP contribution in [0.1, 0.15) is 12.8 Å². The van der Waals surface area contributed by atoms with Gasteiger partial charge in [0.2, 0.25) is 11.8 Å². The summed E-state index contributed by atoms with van der Waals surface area (Å²) >= 11 is 0. The summed E-state index contributed by atoms with van der Waals surface area (Å²) in [5.74, 6) is -0.434. The Morgan fingerprint density at radius 1 is 1.56 bits per heavy atom. The molecule has 2 aliphatic rings. The van der Waals surface area contributed by atoms with E-state index in [0.29, 0.717) is 25.9 Å². The molecule has 1 saturated heterocycles. The van der Waals surface area contributed by atoms with Crippen LogP contribution in [0.15, 0.2) is 5.16 Å². The molecule has 0 atom stereocenters. The highest BCUT2D eigenvalue weighted by Crippen LogP contribution is 2.47. The largest absolute Gasteiger partial charge is 0.409 e. The van der Waals surface area contributed by atoms with Gasteiger partial charge in [0.25, 0.3) is 0 Å². The molecule has 0 radical (unpaired) electrons. The first kappa shape index (κ1) is 10.7. The van der Waals surface area contributed by atoms with Gasteiger partial charge in [0, 0.05) is 13.1 Å². The molecule has 1 saturated carbocycles. The van der Waals surface area contributed by atoms with Crippen molar-refractivity contribution in [3.8, 4) is 0 Å². The molecule has 16 heavy (non-hydrogen) atoms. The Bertz CT molecular complexity index is 362. The Balaban J connectivity index is 2.10. The predicted molar refractivity (Wildman–Crippen MR) is 54.7 cm³/mol. The summed E-state index contributed by atoms with van der Waals surface area (Å²) in [5, 5.41) is 14.2. The van der Waals surface area contributed by atoms with Crippen LogP contribution in [0.4, 0.5) is 0 Å². The molecule has 0 aromatic heterocycles. The third-order valence-corrected chi connectivity index (χ3v) is 3.08. The molecule has 1 heterocycles. The first-order chi connectivity index (χ1) is 7.60. The van der Waals surface area contributed by atoms with Gasteiger partial charge in [-0.3, -0.25) is 9.59 Å². The fraction of sp³-hybridized carbons (Fsp3) is 0.667. The molecular formula is C9H14N4O3. The molecule has 1 aliphatic heterocycles. The zero-order chi connectivity index (χ0) is 11.8. The SMILES string of the molecule is NC(=NO)C1(C(=O)N2CCNC(=O)C2)CC1. The fourth-order valence-corrected chi connectivity index (χ4v) is 1.91. The maximum absolute atomic E-state index is 12.1. The van der Waals surface area contributed by atoms with E-state index in [-0.39, 0.29) is 24.2 Å². The van der Waals surface area contributed by atoms with Gasteiger partial charge < -0.3 is 21.2 Å². The van der Waals surface area contributed by atoms with E-state index < -0.39 is 5.41 Å². The number of nitrogens with one attached hydrogen (secondary N) is 1. The molecule has 7 nitrogen and oxygen atoms in total. The Kier molecular flexibility index (Phi) is 2.45. The molecule has 7 heteroatoms. The second-order valence-corrected chi connectivity index (χ2v) is 4.14. The van der Waals surface area contributed by atoms with Gasteiger partial charge in [0.15, 0.2) is 5.84 Å². The summed E-state index contributed by atoms with van der Waals surface area (Å²) in [6.45, 7) is 0.987. The summed E-state index contributed by atoms with van der Waals surface area (Å²) in [6.07, 6.45) is 1.17. The topological polar surface area (TPSA) is 108 Å². The quantitative estimate of drug-likeness (QED) is 0.230. The third kappa shape index (κ3) is 1.58. The van der Waals surface area contributed by atoms with E-state index in [9.17, 15) is 9.59 Å². The molecule has 0 aromatic rings. The van der Waals surface area contributed by atoms with Crippen molar-refractivity contribution in [3.05, 3.63) is 0 Å². The monoisotopic (exact) mass is 226 g/mol. The molecule has 2 fully saturated rings. The zero-order valence-corrected chi connectivity index (χ0v) is 8.77. The normalized spacial score (nSPS) is 23.9. The first-order valence-corrected chi connectivity index (χ1v) is 5.14. The summed E-state index contributed by atoms with van der Waals surface area (Å²) in [7, 11) is 0. The second kappa shape index (κ2) is 3.66. The van der Waals surface area contributed by atoms with Crippen molar-refractivity contribution in [2.24, 2.45) is 16.3 Å². The van der Waals surface area contributed by atoms with Crippen LogP contribution in [-0.4, -0.2) is 47.4 Å². The molecular weight excluding hydrogens is 212 g/mol. The minimum atomic E-state index is -0.855. The average molecular weight is 226 g/mol. The summed E-state index contributed by atoms with van der Waals surface area (Å²) < 4.78 is 0. The first-order valence-electron chi connectivity index (χ1n) is 5.14. The number of piperazine rings is 1. The summed E-state index contributed by atoms with van der Waals surface area (Å²) in [6, 6.07) is 0. The predicted octanol–water partition coefficient (Wildman–Crippen LogP) is -1.53. The molecule has 0 unspecified atom stereocenters. The number of amides is 2. The van der Waals surface area contributed by atoms with E-state index in [1.807, 2.05) is 0 Å². The molecule has 1 aliphatic carbocycles. The molecule has 2 amide bonds. The van der Waals surface area contributed by atoms with Gasteiger partial charge in [-0.25, -0.2) is 0 Å². The molecule has 0 bridgehead atoms. The number of amidine groups is 1. The van der Waals surface area contributed by atoms with Crippen LogP contribution < -0.4 is 11.1 Å². The van der Waals surface area contributed by atoms with E-state index in [1.165, 1.54) is 4.90 Å². The lowest BCUT2D eigenvalue weighted by atomic mass is 10.0. The van der Waals surface area contributed by atoms with Crippen molar-refractivity contribution in [2.75, 3.05) is 19.6 Å². The van der Waals surface area contributed by atoms with Gasteiger partial charge >= 0.3 is 0 Å². The highest BCUT2D eigenvalue weighted by molar-refractivity contribution is 6.10. The van der Waals surface area contributed by atoms with Crippen LogP contribution in [0.3, 0.4) is 0 Å². The van der Waals surface area contributed by atoms with Crippen molar-refractivity contribution in [3.63, 3.8) is 0 Å². The molecule has 0 spiro atoms. The highest BCUT2D eigenvalue weighted by atomic mass is 16.4. The van der Waals surface area contributed by atoms with Crippen LogP contribution in [-0.2, 0) is 9.59 Å². The lowest BCUT2D eigenvalue weighted by Crippen LogP contribution is -2.53. The highest BCUT2D eigenvalue weighted by Gasteiger charge is 2.56. The Hall–Kier alpha value is -1.79. The van der Waals surface area contributed by atoms with E-state index >= 15 is 0 Å². The minimum Gasteiger partial charge on any atom is -0.409 e. The maximum Gasteiger partial charge on any atom is 0.239 e. The van der Waals surface area contributed by atoms with Gasteiger partial charge in [-0.05, 0) is 12.8 Å². The van der Waals surface area contributed by atoms with Crippen LogP contribution in [0.2, 0.25) is 0 Å². The van der Waals surface area contributed by atoms with Gasteiger partial charge in [-0.2, -0.15) is 0 Å². The standard InChI is InChI=1S/C9H14N4O3/c10-7(12-16)9(1-2-9)8(15)13-4-3-11-6(14)5-13/h16H,1-5H2,(H2,10,12)(H,11,14). The number of hydrogen-bond acceptors (Lipinski definition) is 4. The third-order valence-electron chi connectivity index (χ3n) is 3.08. The molecule has 2 rings (SSSR count). The Labute approximate surface area is 92.3 Å². The van der Waals surface area contributed by atoms with E-state index in [1.54, 1.807) is 0 Å². The molecule has 88 valence electrons. The molecule has 0 aromatic carbocycles. The van der Waals surface area contributed by atoms with Gasteiger partial charge in [0.1, 0.15) is 5.41 Å². The number of nitrogens with two attached hydrogens (primary N) is 1. The van der Waals surface area contributed by atoms with E-state index in [0.717, 1.165) is 0 Å². The minimum absolute atomic E-state index is 0.0523. The average Bonchev–Trinajstić information content (AvgIpc) is 3.08. The van der Waals surface area contributed by atoms with Crippen molar-refractivity contribution >= 4 is 17.6 Å². The lowest BCUT2D eigenvalue weighted by Gasteiger charge is -2.29. The van der Waals surface area contributed by atoms with Crippen LogP contribution >= 0.6 is 0 Å². The van der Waals surface area contributed by atoms with Crippen LogP contribution in [0.5, 0.6) is 0 Å². The van der Waals surface area contributed by atoms with E-state index in [4.69, 9.17) is 10.9 Å². The number of carbonyl (C=O) groups is 2. The number of carbonyl (C=O) groups excluding carboxylic acids is 2. The number of oxime groups is 1. The molecule has 4 N–H and O–H groups in total.